The fraction of sp³-hybridized carbons (Fsp3) is 0.350. The normalized spacial score (nSPS) is 16.2. The van der Waals surface area contributed by atoms with Crippen molar-refractivity contribution in [3.8, 4) is 0 Å². The first-order chi connectivity index (χ1) is 10.5. The van der Waals surface area contributed by atoms with Gasteiger partial charge in [0.1, 0.15) is 0 Å². The first kappa shape index (κ1) is 15.0. The molecule has 2 aromatic rings. The van der Waals surface area contributed by atoms with Crippen LogP contribution in [0.15, 0.2) is 42.6 Å². The maximum absolute atomic E-state index is 10.0. The second-order valence-corrected chi connectivity index (χ2v) is 6.57. The molecule has 0 saturated heterocycles. The zero-order valence-electron chi connectivity index (χ0n) is 13.3. The molecule has 0 spiro atoms. The third-order valence-electron chi connectivity index (χ3n) is 4.09. The van der Waals surface area contributed by atoms with E-state index in [1.807, 2.05) is 24.4 Å². The molecule has 1 aromatic heterocycles. The molecule has 0 radical (unpaired) electrons. The van der Waals surface area contributed by atoms with E-state index in [2.05, 4.69) is 24.3 Å². The third kappa shape index (κ3) is 3.28. The molecule has 0 fully saturated rings. The summed E-state index contributed by atoms with van der Waals surface area (Å²) in [7, 11) is 0. The Morgan fingerprint density at radius 3 is 2.73 bits per heavy atom. The molecule has 2 nitrogen and oxygen atoms in total. The van der Waals surface area contributed by atoms with Crippen molar-refractivity contribution in [3.05, 3.63) is 53.9 Å². The molecule has 2 heteroatoms. The van der Waals surface area contributed by atoms with Gasteiger partial charge in [0.2, 0.25) is 0 Å². The van der Waals surface area contributed by atoms with Gasteiger partial charge in [-0.05, 0) is 50.5 Å². The molecule has 0 amide bonds. The number of fused-ring (bicyclic) bond motifs is 1. The molecule has 0 saturated carbocycles. The topological polar surface area (TPSA) is 33.1 Å². The van der Waals surface area contributed by atoms with Crippen molar-refractivity contribution in [2.24, 2.45) is 0 Å². The van der Waals surface area contributed by atoms with Gasteiger partial charge >= 0.3 is 0 Å². The monoisotopic (exact) mass is 293 g/mol. The molecule has 0 unspecified atom stereocenters. The number of aliphatic hydroxyl groups is 1. The summed E-state index contributed by atoms with van der Waals surface area (Å²) in [5, 5.41) is 12.4. The fourth-order valence-electron chi connectivity index (χ4n) is 2.95. The summed E-state index contributed by atoms with van der Waals surface area (Å²) in [6, 6.07) is 8.31. The third-order valence-corrected chi connectivity index (χ3v) is 4.09. The Morgan fingerprint density at radius 1 is 1.18 bits per heavy atom. The second kappa shape index (κ2) is 6.05. The van der Waals surface area contributed by atoms with Crippen molar-refractivity contribution in [1.29, 1.82) is 0 Å². The largest absolute Gasteiger partial charge is 0.386 e. The Balaban J connectivity index is 2.18. The van der Waals surface area contributed by atoms with E-state index in [0.717, 1.165) is 29.5 Å². The minimum atomic E-state index is -0.824. The lowest BCUT2D eigenvalue weighted by Gasteiger charge is -2.17. The van der Waals surface area contributed by atoms with Gasteiger partial charge in [-0.1, -0.05) is 42.5 Å². The van der Waals surface area contributed by atoms with E-state index in [1.54, 1.807) is 13.8 Å². The van der Waals surface area contributed by atoms with Gasteiger partial charge in [0.05, 0.1) is 11.3 Å². The van der Waals surface area contributed by atoms with Crippen molar-refractivity contribution in [2.75, 3.05) is 0 Å². The number of hydrogen-bond acceptors (Lipinski definition) is 2. The van der Waals surface area contributed by atoms with Gasteiger partial charge in [-0.15, -0.1) is 0 Å². The Morgan fingerprint density at radius 2 is 2.00 bits per heavy atom. The second-order valence-electron chi connectivity index (χ2n) is 6.57. The lowest BCUT2D eigenvalue weighted by Crippen LogP contribution is -2.13. The minimum Gasteiger partial charge on any atom is -0.386 e. The summed E-state index contributed by atoms with van der Waals surface area (Å²) in [5.41, 5.74) is 2.70. The quantitative estimate of drug-likeness (QED) is 0.866. The number of rotatable bonds is 3. The van der Waals surface area contributed by atoms with Crippen molar-refractivity contribution in [1.82, 2.24) is 4.98 Å². The summed E-state index contributed by atoms with van der Waals surface area (Å²) < 4.78 is 0. The van der Waals surface area contributed by atoms with Gasteiger partial charge < -0.3 is 5.11 Å². The standard InChI is InChI=1S/C20H23NO/c1-20(2,22)13-12-18-17-11-7-6-10-16(17)14-21-19(18)15-8-4-3-5-9-15/h6-8,10-14,22H,3-5,9H2,1-2H3/b13-12+. The molecule has 114 valence electrons. The number of aromatic nitrogens is 1. The van der Waals surface area contributed by atoms with Crippen molar-refractivity contribution >= 4 is 22.4 Å². The smallest absolute Gasteiger partial charge is 0.0774 e. The van der Waals surface area contributed by atoms with Gasteiger partial charge in [0, 0.05) is 17.1 Å². The average Bonchev–Trinajstić information content (AvgIpc) is 2.52. The van der Waals surface area contributed by atoms with Crippen molar-refractivity contribution in [2.45, 2.75) is 45.1 Å². The number of nitrogens with zero attached hydrogens (tertiary/aromatic N) is 1. The maximum atomic E-state index is 10.0. The van der Waals surface area contributed by atoms with E-state index in [9.17, 15) is 5.11 Å². The zero-order chi connectivity index (χ0) is 15.6. The Labute approximate surface area is 132 Å². The summed E-state index contributed by atoms with van der Waals surface area (Å²) in [6.07, 6.45) is 12.9. The molecule has 22 heavy (non-hydrogen) atoms. The maximum Gasteiger partial charge on any atom is 0.0774 e. The van der Waals surface area contributed by atoms with Crippen LogP contribution in [0, 0.1) is 0 Å². The summed E-state index contributed by atoms with van der Waals surface area (Å²) in [5.74, 6) is 0. The van der Waals surface area contributed by atoms with Crippen LogP contribution in [0.2, 0.25) is 0 Å². The molecule has 1 N–H and O–H groups in total. The molecule has 0 atom stereocenters. The zero-order valence-corrected chi connectivity index (χ0v) is 13.3. The van der Waals surface area contributed by atoms with Crippen LogP contribution in [-0.2, 0) is 0 Å². The fourth-order valence-corrected chi connectivity index (χ4v) is 2.95. The summed E-state index contributed by atoms with van der Waals surface area (Å²) >= 11 is 0. The van der Waals surface area contributed by atoms with Crippen molar-refractivity contribution in [3.63, 3.8) is 0 Å². The van der Waals surface area contributed by atoms with E-state index in [1.165, 1.54) is 23.8 Å². The molecular formula is C20H23NO. The number of hydrogen-bond donors (Lipinski definition) is 1. The number of pyridine rings is 1. The van der Waals surface area contributed by atoms with Crippen LogP contribution in [0.25, 0.3) is 22.4 Å². The highest BCUT2D eigenvalue weighted by Crippen LogP contribution is 2.32. The molecular weight excluding hydrogens is 270 g/mol. The van der Waals surface area contributed by atoms with Crippen LogP contribution in [0.3, 0.4) is 0 Å². The van der Waals surface area contributed by atoms with E-state index in [4.69, 9.17) is 4.98 Å². The summed E-state index contributed by atoms with van der Waals surface area (Å²) in [6.45, 7) is 3.59. The van der Waals surface area contributed by atoms with E-state index < -0.39 is 5.60 Å². The molecule has 1 aromatic carbocycles. The SMILES string of the molecule is CC(C)(O)/C=C/c1c(C2=CCCCC2)ncc2ccccc12. The van der Waals surface area contributed by atoms with Crippen LogP contribution in [0.1, 0.15) is 50.8 Å². The van der Waals surface area contributed by atoms with Crippen LogP contribution >= 0.6 is 0 Å². The highest BCUT2D eigenvalue weighted by atomic mass is 16.3. The molecule has 0 aliphatic heterocycles. The molecule has 3 rings (SSSR count). The van der Waals surface area contributed by atoms with Gasteiger partial charge in [-0.2, -0.15) is 0 Å². The lowest BCUT2D eigenvalue weighted by molar-refractivity contribution is 0.134. The van der Waals surface area contributed by atoms with Crippen LogP contribution in [0.5, 0.6) is 0 Å². The molecule has 1 heterocycles. The van der Waals surface area contributed by atoms with Crippen LogP contribution < -0.4 is 0 Å². The van der Waals surface area contributed by atoms with Crippen LogP contribution in [0.4, 0.5) is 0 Å². The van der Waals surface area contributed by atoms with Gasteiger partial charge in [-0.25, -0.2) is 0 Å². The molecule has 0 bridgehead atoms. The first-order valence-electron chi connectivity index (χ1n) is 8.03. The van der Waals surface area contributed by atoms with Gasteiger partial charge in [0.15, 0.2) is 0 Å². The van der Waals surface area contributed by atoms with E-state index in [-0.39, 0.29) is 0 Å². The highest BCUT2D eigenvalue weighted by Gasteiger charge is 2.14. The first-order valence-corrected chi connectivity index (χ1v) is 8.03. The Kier molecular flexibility index (Phi) is 4.12. The average molecular weight is 293 g/mol. The molecule has 1 aliphatic rings. The van der Waals surface area contributed by atoms with Crippen molar-refractivity contribution < 1.29 is 5.11 Å². The number of benzene rings is 1. The Hall–Kier alpha value is -1.93. The number of allylic oxidation sites excluding steroid dienone is 2. The predicted molar refractivity (Wildman–Crippen MR) is 93.5 cm³/mol. The van der Waals surface area contributed by atoms with E-state index in [0.29, 0.717) is 0 Å². The van der Waals surface area contributed by atoms with Gasteiger partial charge in [-0.3, -0.25) is 4.98 Å². The molecule has 1 aliphatic carbocycles. The Bertz CT molecular complexity index is 735. The predicted octanol–water partition coefficient (Wildman–Crippen LogP) is 4.98. The minimum absolute atomic E-state index is 0.824. The van der Waals surface area contributed by atoms with Gasteiger partial charge in [0.25, 0.3) is 0 Å². The highest BCUT2D eigenvalue weighted by molar-refractivity contribution is 5.94. The van der Waals surface area contributed by atoms with Crippen LogP contribution in [-0.4, -0.2) is 15.7 Å². The summed E-state index contributed by atoms with van der Waals surface area (Å²) in [4.78, 5) is 4.73. The van der Waals surface area contributed by atoms with E-state index >= 15 is 0 Å². The lowest BCUT2D eigenvalue weighted by atomic mass is 9.91.